The molecule has 9 nitrogen and oxygen atoms in total. The predicted octanol–water partition coefficient (Wildman–Crippen LogP) is 0.400. The van der Waals surface area contributed by atoms with Gasteiger partial charge in [-0.3, -0.25) is 14.3 Å². The lowest BCUT2D eigenvalue weighted by molar-refractivity contribution is -0.162. The summed E-state index contributed by atoms with van der Waals surface area (Å²) in [6.07, 6.45) is 7.99. The number of hydrogen-bond acceptors (Lipinski definition) is 6. The number of likely N-dealkylation sites (N-methyl/N-ethyl adjacent to an activating group) is 1. The third-order valence-corrected chi connectivity index (χ3v) is 4.78. The fraction of sp³-hybridized carbons (Fsp3) is 0.588. The van der Waals surface area contributed by atoms with E-state index in [0.717, 1.165) is 5.69 Å². The molecule has 9 heteroatoms. The lowest BCUT2D eigenvalue weighted by Gasteiger charge is -2.37. The summed E-state index contributed by atoms with van der Waals surface area (Å²) in [5.74, 6) is 2.13. The van der Waals surface area contributed by atoms with Crippen molar-refractivity contribution in [2.45, 2.75) is 37.1 Å². The molecule has 0 aliphatic carbocycles. The average Bonchev–Trinajstić information content (AvgIpc) is 3.27. The summed E-state index contributed by atoms with van der Waals surface area (Å²) in [7, 11) is 3.43. The van der Waals surface area contributed by atoms with Crippen LogP contribution in [-0.4, -0.2) is 58.5 Å². The van der Waals surface area contributed by atoms with Crippen LogP contribution in [0.5, 0.6) is 0 Å². The van der Waals surface area contributed by atoms with Gasteiger partial charge in [-0.2, -0.15) is 15.3 Å². The Morgan fingerprint density at radius 1 is 1.46 bits per heavy atom. The standard InChI is InChI=1S/C17H22N6O3/c1-4-5-7-17(20-21-17)8-10-18-16(25)15-14(12-6-9-19-23(12)3)22(2)13(24)11-26-15/h1,6,9,14-15H,5,7-8,10-11H2,2-3H3,(H,18,25)/t14-,15+/m1/s1. The van der Waals surface area contributed by atoms with Crippen LogP contribution in [0, 0.1) is 12.3 Å². The molecule has 0 spiro atoms. The summed E-state index contributed by atoms with van der Waals surface area (Å²) in [4.78, 5) is 26.3. The summed E-state index contributed by atoms with van der Waals surface area (Å²) in [6.45, 7) is 0.283. The minimum Gasteiger partial charge on any atom is -0.356 e. The lowest BCUT2D eigenvalue weighted by Crippen LogP contribution is -2.53. The van der Waals surface area contributed by atoms with Crippen LogP contribution in [0.3, 0.4) is 0 Å². The number of aromatic nitrogens is 2. The molecule has 0 radical (unpaired) electrons. The molecule has 0 unspecified atom stereocenters. The molecule has 0 bridgehead atoms. The van der Waals surface area contributed by atoms with E-state index in [-0.39, 0.29) is 18.4 Å². The highest BCUT2D eigenvalue weighted by Crippen LogP contribution is 2.36. The number of rotatable bonds is 7. The second-order valence-electron chi connectivity index (χ2n) is 6.49. The Bertz CT molecular complexity index is 759. The lowest BCUT2D eigenvalue weighted by atomic mass is 10.0. The predicted molar refractivity (Wildman–Crippen MR) is 91.7 cm³/mol. The number of ether oxygens (including phenoxy) is 1. The largest absolute Gasteiger partial charge is 0.356 e. The van der Waals surface area contributed by atoms with Crippen molar-refractivity contribution in [3.63, 3.8) is 0 Å². The van der Waals surface area contributed by atoms with E-state index in [0.29, 0.717) is 25.8 Å². The quantitative estimate of drug-likeness (QED) is 0.713. The second kappa shape index (κ2) is 7.25. The van der Waals surface area contributed by atoms with E-state index in [2.05, 4.69) is 26.6 Å². The van der Waals surface area contributed by atoms with E-state index in [1.165, 1.54) is 4.90 Å². The first-order valence-electron chi connectivity index (χ1n) is 8.48. The van der Waals surface area contributed by atoms with Crippen molar-refractivity contribution in [2.75, 3.05) is 20.2 Å². The van der Waals surface area contributed by atoms with E-state index in [1.807, 2.05) is 0 Å². The van der Waals surface area contributed by atoms with Gasteiger partial charge in [0.25, 0.3) is 5.91 Å². The Morgan fingerprint density at radius 2 is 2.23 bits per heavy atom. The van der Waals surface area contributed by atoms with Crippen LogP contribution in [-0.2, 0) is 21.4 Å². The van der Waals surface area contributed by atoms with Crippen LogP contribution in [0.15, 0.2) is 22.5 Å². The fourth-order valence-corrected chi connectivity index (χ4v) is 3.11. The van der Waals surface area contributed by atoms with Gasteiger partial charge >= 0.3 is 0 Å². The third kappa shape index (κ3) is 3.60. The van der Waals surface area contributed by atoms with Gasteiger partial charge in [0, 0.05) is 46.1 Å². The first-order valence-corrected chi connectivity index (χ1v) is 8.48. The van der Waals surface area contributed by atoms with Gasteiger partial charge in [0.05, 0.1) is 5.69 Å². The number of carbonyl (C=O) groups is 2. The number of nitrogens with zero attached hydrogens (tertiary/aromatic N) is 5. The summed E-state index contributed by atoms with van der Waals surface area (Å²) in [5, 5.41) is 15.1. The zero-order chi connectivity index (χ0) is 18.7. The molecule has 3 heterocycles. The second-order valence-corrected chi connectivity index (χ2v) is 6.49. The average molecular weight is 358 g/mol. The van der Waals surface area contributed by atoms with E-state index in [1.54, 1.807) is 31.0 Å². The van der Waals surface area contributed by atoms with E-state index >= 15 is 0 Å². The maximum absolute atomic E-state index is 12.7. The Kier molecular flexibility index (Phi) is 5.04. The first kappa shape index (κ1) is 18.1. The molecule has 138 valence electrons. The number of aryl methyl sites for hydroxylation is 1. The highest BCUT2D eigenvalue weighted by molar-refractivity contribution is 5.86. The van der Waals surface area contributed by atoms with Crippen molar-refractivity contribution < 1.29 is 14.3 Å². The SMILES string of the molecule is C#CCCC1(CCNC(=O)[C@H]2OCC(=O)N(C)[C@@H]2c2ccnn2C)N=N1. The van der Waals surface area contributed by atoms with Gasteiger partial charge in [-0.25, -0.2) is 0 Å². The summed E-state index contributed by atoms with van der Waals surface area (Å²) in [5.41, 5.74) is 0.291. The molecule has 1 saturated heterocycles. The number of hydrogen-bond donors (Lipinski definition) is 1. The molecule has 3 rings (SSSR count). The Balaban J connectivity index is 1.62. The number of amides is 2. The monoisotopic (exact) mass is 358 g/mol. The van der Waals surface area contributed by atoms with Gasteiger partial charge in [-0.1, -0.05) is 0 Å². The first-order chi connectivity index (χ1) is 12.5. The van der Waals surface area contributed by atoms with Crippen molar-refractivity contribution in [3.8, 4) is 12.3 Å². The summed E-state index contributed by atoms with van der Waals surface area (Å²) in [6, 6.07) is 1.25. The minimum atomic E-state index is -0.803. The topological polar surface area (TPSA) is 101 Å². The summed E-state index contributed by atoms with van der Waals surface area (Å²) >= 11 is 0. The highest BCUT2D eigenvalue weighted by atomic mass is 16.5. The molecule has 1 N–H and O–H groups in total. The molecule has 2 aliphatic heterocycles. The minimum absolute atomic E-state index is 0.125. The van der Waals surface area contributed by atoms with Crippen molar-refractivity contribution in [1.29, 1.82) is 0 Å². The zero-order valence-corrected chi connectivity index (χ0v) is 14.9. The van der Waals surface area contributed by atoms with Gasteiger partial charge < -0.3 is 15.0 Å². The molecule has 1 aromatic rings. The van der Waals surface area contributed by atoms with E-state index in [9.17, 15) is 9.59 Å². The number of nitrogens with one attached hydrogen (secondary N) is 1. The van der Waals surface area contributed by atoms with Gasteiger partial charge in [-0.05, 0) is 6.07 Å². The molecular weight excluding hydrogens is 336 g/mol. The van der Waals surface area contributed by atoms with E-state index in [4.69, 9.17) is 11.2 Å². The van der Waals surface area contributed by atoms with Crippen LogP contribution in [0.25, 0.3) is 0 Å². The Hall–Kier alpha value is -2.73. The molecule has 0 saturated carbocycles. The molecule has 2 amide bonds. The molecule has 26 heavy (non-hydrogen) atoms. The molecule has 1 aromatic heterocycles. The van der Waals surface area contributed by atoms with Crippen LogP contribution in [0.4, 0.5) is 0 Å². The zero-order valence-electron chi connectivity index (χ0n) is 14.9. The number of morpholine rings is 1. The smallest absolute Gasteiger partial charge is 0.251 e. The van der Waals surface area contributed by atoms with Gasteiger partial charge in [0.2, 0.25) is 5.91 Å². The Labute approximate surface area is 151 Å². The molecular formula is C17H22N6O3. The van der Waals surface area contributed by atoms with Crippen LogP contribution < -0.4 is 5.32 Å². The number of carbonyl (C=O) groups excluding carboxylic acids is 2. The number of terminal acetylenes is 1. The van der Waals surface area contributed by atoms with Gasteiger partial charge in [-0.15, -0.1) is 12.3 Å². The van der Waals surface area contributed by atoms with Gasteiger partial charge in [0.15, 0.2) is 11.8 Å². The van der Waals surface area contributed by atoms with Gasteiger partial charge in [0.1, 0.15) is 12.6 Å². The van der Waals surface area contributed by atoms with Crippen molar-refractivity contribution in [2.24, 2.45) is 17.3 Å². The maximum Gasteiger partial charge on any atom is 0.251 e. The third-order valence-electron chi connectivity index (χ3n) is 4.78. The van der Waals surface area contributed by atoms with Crippen molar-refractivity contribution in [1.82, 2.24) is 20.0 Å². The normalized spacial score (nSPS) is 23.6. The molecule has 1 fully saturated rings. The molecule has 0 aromatic carbocycles. The fourth-order valence-electron chi connectivity index (χ4n) is 3.11. The highest BCUT2D eigenvalue weighted by Gasteiger charge is 2.42. The van der Waals surface area contributed by atoms with Crippen molar-refractivity contribution in [3.05, 3.63) is 18.0 Å². The Morgan fingerprint density at radius 3 is 2.85 bits per heavy atom. The molecule has 2 atom stereocenters. The van der Waals surface area contributed by atoms with Crippen LogP contribution in [0.2, 0.25) is 0 Å². The maximum atomic E-state index is 12.7. The summed E-state index contributed by atoms with van der Waals surface area (Å²) < 4.78 is 7.20. The van der Waals surface area contributed by atoms with Crippen molar-refractivity contribution >= 4 is 11.8 Å². The molecule has 2 aliphatic rings. The van der Waals surface area contributed by atoms with E-state index < -0.39 is 17.8 Å². The van der Waals surface area contributed by atoms with Crippen LogP contribution >= 0.6 is 0 Å². The van der Waals surface area contributed by atoms with Crippen LogP contribution in [0.1, 0.15) is 31.0 Å².